The molecule has 0 fully saturated rings. The van der Waals surface area contributed by atoms with Crippen molar-refractivity contribution >= 4 is 23.3 Å². The highest BCUT2D eigenvalue weighted by Crippen LogP contribution is 2.07. The zero-order valence-corrected chi connectivity index (χ0v) is 12.9. The average molecular weight is 317 g/mol. The van der Waals surface area contributed by atoms with Gasteiger partial charge >= 0.3 is 5.97 Å². The largest absolute Gasteiger partial charge is 0.480 e. The molecule has 2 aromatic carbocycles. The predicted octanol–water partition coefficient (Wildman–Crippen LogP) is 2.75. The standard InChI is InChI=1S/C9H11NO2.C8H8OS/c10-8(9(11)12)6-7-4-2-1-3-5-7;9-7-10-6-8-4-2-1-3-5-8/h1-5,8H,6,10H2,(H,11,12);1-5,7H,6H2/t8-;/m0./s1. The Hall–Kier alpha value is -2.11. The molecule has 0 bridgehead atoms. The molecular weight excluding hydrogens is 298 g/mol. The zero-order valence-electron chi connectivity index (χ0n) is 12.1. The second-order valence-electron chi connectivity index (χ2n) is 4.53. The van der Waals surface area contributed by atoms with Crippen LogP contribution in [0.5, 0.6) is 0 Å². The van der Waals surface area contributed by atoms with Crippen molar-refractivity contribution < 1.29 is 14.7 Å². The van der Waals surface area contributed by atoms with E-state index in [9.17, 15) is 9.59 Å². The number of carboxylic acid groups (broad SMARTS) is 1. The predicted molar refractivity (Wildman–Crippen MR) is 90.2 cm³/mol. The van der Waals surface area contributed by atoms with E-state index < -0.39 is 12.0 Å². The minimum Gasteiger partial charge on any atom is -0.480 e. The van der Waals surface area contributed by atoms with Crippen LogP contribution in [0.1, 0.15) is 11.1 Å². The highest BCUT2D eigenvalue weighted by molar-refractivity contribution is 8.11. The summed E-state index contributed by atoms with van der Waals surface area (Å²) in [5, 5.41) is 8.52. The molecule has 0 radical (unpaired) electrons. The first-order valence-corrected chi connectivity index (χ1v) is 7.80. The summed E-state index contributed by atoms with van der Waals surface area (Å²) in [7, 11) is 0. The second-order valence-corrected chi connectivity index (χ2v) is 5.34. The van der Waals surface area contributed by atoms with E-state index in [0.29, 0.717) is 6.42 Å². The smallest absolute Gasteiger partial charge is 0.320 e. The number of aliphatic carboxylic acids is 1. The summed E-state index contributed by atoms with van der Waals surface area (Å²) in [4.78, 5) is 20.3. The van der Waals surface area contributed by atoms with E-state index in [1.807, 2.05) is 60.7 Å². The molecule has 0 saturated heterocycles. The van der Waals surface area contributed by atoms with E-state index in [2.05, 4.69) is 0 Å². The summed E-state index contributed by atoms with van der Waals surface area (Å²) in [6.07, 6.45) is 0.385. The minimum absolute atomic E-state index is 0.385. The van der Waals surface area contributed by atoms with Gasteiger partial charge in [-0.15, -0.1) is 0 Å². The van der Waals surface area contributed by atoms with E-state index in [1.54, 1.807) is 0 Å². The summed E-state index contributed by atoms with van der Waals surface area (Å²) in [6.45, 7) is 0. The second kappa shape index (κ2) is 10.6. The van der Waals surface area contributed by atoms with E-state index in [4.69, 9.17) is 10.8 Å². The van der Waals surface area contributed by atoms with Crippen molar-refractivity contribution in [3.05, 3.63) is 71.8 Å². The molecule has 116 valence electrons. The fourth-order valence-corrected chi connectivity index (χ4v) is 2.11. The first-order valence-electron chi connectivity index (χ1n) is 6.75. The molecule has 22 heavy (non-hydrogen) atoms. The highest BCUT2D eigenvalue weighted by Gasteiger charge is 2.10. The minimum atomic E-state index is -0.959. The fraction of sp³-hybridized carbons (Fsp3) is 0.176. The van der Waals surface area contributed by atoms with Gasteiger partial charge in [0, 0.05) is 5.75 Å². The third-order valence-electron chi connectivity index (χ3n) is 2.78. The van der Waals surface area contributed by atoms with Crippen LogP contribution in [0.15, 0.2) is 60.7 Å². The molecule has 0 amide bonds. The van der Waals surface area contributed by atoms with Gasteiger partial charge in [-0.05, 0) is 17.5 Å². The summed E-state index contributed by atoms with van der Waals surface area (Å²) < 4.78 is 0. The van der Waals surface area contributed by atoms with E-state index in [1.165, 1.54) is 17.3 Å². The number of nitrogens with two attached hydrogens (primary N) is 1. The van der Waals surface area contributed by atoms with Crippen molar-refractivity contribution in [3.8, 4) is 0 Å². The lowest BCUT2D eigenvalue weighted by atomic mass is 10.1. The highest BCUT2D eigenvalue weighted by atomic mass is 32.2. The molecule has 0 aliphatic heterocycles. The van der Waals surface area contributed by atoms with E-state index in [-0.39, 0.29) is 0 Å². The normalized spacial score (nSPS) is 11.0. The number of rotatable bonds is 6. The SMILES string of the molecule is N[C@@H](Cc1ccccc1)C(=O)O.O=CSCc1ccccc1. The van der Waals surface area contributed by atoms with Crippen molar-refractivity contribution in [1.82, 2.24) is 0 Å². The number of benzene rings is 2. The lowest BCUT2D eigenvalue weighted by molar-refractivity contribution is -0.138. The van der Waals surface area contributed by atoms with Crippen molar-refractivity contribution in [3.63, 3.8) is 0 Å². The summed E-state index contributed by atoms with van der Waals surface area (Å²) in [5.74, 6) is -0.177. The Bertz CT molecular complexity index is 561. The molecule has 3 N–H and O–H groups in total. The maximum Gasteiger partial charge on any atom is 0.320 e. The molecule has 0 aliphatic carbocycles. The van der Waals surface area contributed by atoms with Crippen molar-refractivity contribution in [2.75, 3.05) is 0 Å². The Balaban J connectivity index is 0.000000224. The topological polar surface area (TPSA) is 80.4 Å². The Morgan fingerprint density at radius 3 is 2.00 bits per heavy atom. The van der Waals surface area contributed by atoms with Crippen LogP contribution in [0.25, 0.3) is 0 Å². The first kappa shape index (κ1) is 17.9. The average Bonchev–Trinajstić information content (AvgIpc) is 2.55. The number of thioether (sulfide) groups is 1. The number of carbonyl (C=O) groups is 2. The Morgan fingerprint density at radius 1 is 1.05 bits per heavy atom. The molecule has 0 heterocycles. The van der Waals surface area contributed by atoms with Crippen molar-refractivity contribution in [2.24, 2.45) is 5.73 Å². The molecule has 0 aromatic heterocycles. The number of hydrogen-bond donors (Lipinski definition) is 2. The zero-order chi connectivity index (χ0) is 16.2. The van der Waals surface area contributed by atoms with Gasteiger partial charge in [0.2, 0.25) is 0 Å². The van der Waals surface area contributed by atoms with Gasteiger partial charge in [0.1, 0.15) is 6.04 Å². The van der Waals surface area contributed by atoms with Crippen LogP contribution in [-0.4, -0.2) is 22.7 Å². The molecule has 2 aromatic rings. The van der Waals surface area contributed by atoms with Gasteiger partial charge in [0.15, 0.2) is 5.62 Å². The van der Waals surface area contributed by atoms with Crippen LogP contribution in [0.3, 0.4) is 0 Å². The lowest BCUT2D eigenvalue weighted by Crippen LogP contribution is -2.32. The van der Waals surface area contributed by atoms with Gasteiger partial charge in [-0.3, -0.25) is 9.59 Å². The third kappa shape index (κ3) is 7.61. The number of carboxylic acids is 1. The Labute approximate surface area is 134 Å². The van der Waals surface area contributed by atoms with Crippen molar-refractivity contribution in [2.45, 2.75) is 18.2 Å². The van der Waals surface area contributed by atoms with Gasteiger partial charge in [-0.25, -0.2) is 0 Å². The molecule has 0 saturated carbocycles. The van der Waals surface area contributed by atoms with Crippen molar-refractivity contribution in [1.29, 1.82) is 0 Å². The molecule has 4 nitrogen and oxygen atoms in total. The summed E-state index contributed by atoms with van der Waals surface area (Å²) in [6, 6.07) is 18.5. The molecule has 2 rings (SSSR count). The maximum absolute atomic E-state index is 10.4. The molecule has 0 spiro atoms. The van der Waals surface area contributed by atoms with Crippen LogP contribution in [-0.2, 0) is 21.8 Å². The van der Waals surface area contributed by atoms with Crippen LogP contribution in [0.4, 0.5) is 0 Å². The Morgan fingerprint density at radius 2 is 1.55 bits per heavy atom. The third-order valence-corrected chi connectivity index (χ3v) is 3.41. The summed E-state index contributed by atoms with van der Waals surface area (Å²) >= 11 is 1.28. The monoisotopic (exact) mass is 317 g/mol. The van der Waals surface area contributed by atoms with Crippen LogP contribution >= 0.6 is 11.8 Å². The molecule has 5 heteroatoms. The van der Waals surface area contributed by atoms with Crippen LogP contribution in [0, 0.1) is 0 Å². The van der Waals surface area contributed by atoms with Crippen LogP contribution < -0.4 is 5.73 Å². The van der Waals surface area contributed by atoms with Gasteiger partial charge in [-0.1, -0.05) is 72.4 Å². The van der Waals surface area contributed by atoms with E-state index >= 15 is 0 Å². The Kier molecular flexibility index (Phi) is 8.64. The molecular formula is C17H19NO3S. The summed E-state index contributed by atoms with van der Waals surface area (Å²) in [5.41, 5.74) is 8.36. The number of carbonyl (C=O) groups excluding carboxylic acids is 1. The lowest BCUT2D eigenvalue weighted by Gasteiger charge is -2.04. The number of hydrogen-bond acceptors (Lipinski definition) is 4. The van der Waals surface area contributed by atoms with Gasteiger partial charge < -0.3 is 10.8 Å². The quantitative estimate of drug-likeness (QED) is 0.801. The maximum atomic E-state index is 10.4. The van der Waals surface area contributed by atoms with Gasteiger partial charge in [0.25, 0.3) is 0 Å². The first-order chi connectivity index (χ1) is 10.6. The molecule has 0 aliphatic rings. The van der Waals surface area contributed by atoms with Gasteiger partial charge in [-0.2, -0.15) is 0 Å². The van der Waals surface area contributed by atoms with Crippen LogP contribution in [0.2, 0.25) is 0 Å². The molecule has 1 atom stereocenters. The van der Waals surface area contributed by atoms with E-state index in [0.717, 1.165) is 16.9 Å². The molecule has 0 unspecified atom stereocenters. The fourth-order valence-electron chi connectivity index (χ4n) is 1.66. The van der Waals surface area contributed by atoms with Gasteiger partial charge in [0.05, 0.1) is 0 Å².